The molecular formula is C18H22N2O3S. The zero-order chi connectivity index (χ0) is 17.9. The minimum absolute atomic E-state index is 0.215. The molecule has 0 aliphatic heterocycles. The van der Waals surface area contributed by atoms with Crippen LogP contribution < -0.4 is 10.0 Å². The van der Waals surface area contributed by atoms with Gasteiger partial charge >= 0.3 is 0 Å². The minimum Gasteiger partial charge on any atom is -0.321 e. The fourth-order valence-electron chi connectivity index (χ4n) is 2.51. The van der Waals surface area contributed by atoms with Crippen LogP contribution in [0.3, 0.4) is 0 Å². The van der Waals surface area contributed by atoms with E-state index >= 15 is 0 Å². The van der Waals surface area contributed by atoms with Crippen LogP contribution >= 0.6 is 0 Å². The number of benzene rings is 2. The number of amides is 1. The second-order valence-electron chi connectivity index (χ2n) is 5.82. The van der Waals surface area contributed by atoms with Crippen LogP contribution in [0.4, 0.5) is 11.4 Å². The molecule has 0 unspecified atom stereocenters. The Labute approximate surface area is 143 Å². The topological polar surface area (TPSA) is 75.3 Å². The molecule has 0 saturated heterocycles. The third kappa shape index (κ3) is 4.35. The van der Waals surface area contributed by atoms with Crippen molar-refractivity contribution in [1.29, 1.82) is 0 Å². The molecule has 0 fully saturated rings. The van der Waals surface area contributed by atoms with Crippen LogP contribution in [-0.4, -0.2) is 20.6 Å². The van der Waals surface area contributed by atoms with E-state index in [0.717, 1.165) is 29.5 Å². The summed E-state index contributed by atoms with van der Waals surface area (Å²) in [6, 6.07) is 10.8. The molecule has 0 atom stereocenters. The molecule has 0 spiro atoms. The van der Waals surface area contributed by atoms with Crippen LogP contribution in [0, 0.1) is 13.8 Å². The van der Waals surface area contributed by atoms with Gasteiger partial charge in [0, 0.05) is 11.3 Å². The highest BCUT2D eigenvalue weighted by molar-refractivity contribution is 7.92. The van der Waals surface area contributed by atoms with E-state index in [0.29, 0.717) is 16.8 Å². The van der Waals surface area contributed by atoms with E-state index in [9.17, 15) is 13.2 Å². The van der Waals surface area contributed by atoms with Crippen LogP contribution in [0.2, 0.25) is 0 Å². The van der Waals surface area contributed by atoms with Crippen molar-refractivity contribution in [3.63, 3.8) is 0 Å². The van der Waals surface area contributed by atoms with E-state index < -0.39 is 10.0 Å². The van der Waals surface area contributed by atoms with Gasteiger partial charge in [-0.2, -0.15) is 0 Å². The molecule has 0 heterocycles. The minimum atomic E-state index is -3.35. The Hall–Kier alpha value is -2.34. The predicted octanol–water partition coefficient (Wildman–Crippen LogP) is 3.49. The molecule has 2 rings (SSSR count). The molecule has 0 radical (unpaired) electrons. The van der Waals surface area contributed by atoms with E-state index in [1.165, 1.54) is 0 Å². The normalized spacial score (nSPS) is 11.2. The summed E-state index contributed by atoms with van der Waals surface area (Å²) in [7, 11) is -3.35. The molecule has 5 nitrogen and oxygen atoms in total. The maximum Gasteiger partial charge on any atom is 0.255 e. The molecule has 0 saturated carbocycles. The fraction of sp³-hybridized carbons (Fsp3) is 0.278. The number of hydrogen-bond donors (Lipinski definition) is 2. The number of rotatable bonds is 5. The molecule has 128 valence electrons. The maximum absolute atomic E-state index is 12.5. The number of sulfonamides is 1. The molecule has 2 N–H and O–H groups in total. The first-order chi connectivity index (χ1) is 11.2. The summed E-state index contributed by atoms with van der Waals surface area (Å²) < 4.78 is 25.1. The molecule has 2 aromatic rings. The Morgan fingerprint density at radius 1 is 1.08 bits per heavy atom. The van der Waals surface area contributed by atoms with Crippen molar-refractivity contribution < 1.29 is 13.2 Å². The monoisotopic (exact) mass is 346 g/mol. The Balaban J connectivity index is 2.27. The van der Waals surface area contributed by atoms with Crippen LogP contribution in [0.5, 0.6) is 0 Å². The molecule has 0 aliphatic carbocycles. The number of hydrogen-bond acceptors (Lipinski definition) is 3. The highest BCUT2D eigenvalue weighted by Crippen LogP contribution is 2.23. The lowest BCUT2D eigenvalue weighted by Crippen LogP contribution is -2.15. The van der Waals surface area contributed by atoms with Gasteiger partial charge in [-0.05, 0) is 55.2 Å². The summed E-state index contributed by atoms with van der Waals surface area (Å²) in [5.74, 6) is -0.215. The molecule has 1 amide bonds. The summed E-state index contributed by atoms with van der Waals surface area (Å²) in [4.78, 5) is 12.5. The number of aryl methyl sites for hydroxylation is 3. The lowest BCUT2D eigenvalue weighted by molar-refractivity contribution is 0.102. The van der Waals surface area contributed by atoms with Crippen LogP contribution in [0.15, 0.2) is 36.4 Å². The quantitative estimate of drug-likeness (QED) is 0.870. The number of carbonyl (C=O) groups is 1. The van der Waals surface area contributed by atoms with Crippen molar-refractivity contribution >= 4 is 27.3 Å². The van der Waals surface area contributed by atoms with E-state index in [-0.39, 0.29) is 5.91 Å². The molecule has 0 aliphatic rings. The van der Waals surface area contributed by atoms with Crippen molar-refractivity contribution in [2.45, 2.75) is 27.2 Å². The Bertz CT molecular complexity index is 874. The lowest BCUT2D eigenvalue weighted by Gasteiger charge is -2.14. The van der Waals surface area contributed by atoms with Gasteiger partial charge in [0.1, 0.15) is 0 Å². The van der Waals surface area contributed by atoms with Crippen molar-refractivity contribution in [2.24, 2.45) is 0 Å². The Morgan fingerprint density at radius 3 is 2.38 bits per heavy atom. The number of para-hydroxylation sites is 1. The largest absolute Gasteiger partial charge is 0.321 e. The lowest BCUT2D eigenvalue weighted by atomic mass is 10.0. The molecule has 24 heavy (non-hydrogen) atoms. The first-order valence-corrected chi connectivity index (χ1v) is 9.58. The predicted molar refractivity (Wildman–Crippen MR) is 98.2 cm³/mol. The van der Waals surface area contributed by atoms with Crippen molar-refractivity contribution in [1.82, 2.24) is 0 Å². The van der Waals surface area contributed by atoms with E-state index in [1.807, 2.05) is 32.0 Å². The van der Waals surface area contributed by atoms with Crippen molar-refractivity contribution in [2.75, 3.05) is 16.3 Å². The second kappa shape index (κ2) is 7.05. The van der Waals surface area contributed by atoms with Gasteiger partial charge in [-0.3, -0.25) is 9.52 Å². The first-order valence-electron chi connectivity index (χ1n) is 7.69. The summed E-state index contributed by atoms with van der Waals surface area (Å²) >= 11 is 0. The average molecular weight is 346 g/mol. The van der Waals surface area contributed by atoms with Crippen molar-refractivity contribution in [3.05, 3.63) is 58.7 Å². The third-order valence-corrected chi connectivity index (χ3v) is 4.35. The van der Waals surface area contributed by atoms with Gasteiger partial charge in [0.15, 0.2) is 0 Å². The second-order valence-corrected chi connectivity index (χ2v) is 7.57. The van der Waals surface area contributed by atoms with Gasteiger partial charge in [0.2, 0.25) is 10.0 Å². The van der Waals surface area contributed by atoms with Crippen LogP contribution in [0.25, 0.3) is 0 Å². The van der Waals surface area contributed by atoms with Gasteiger partial charge in [0.05, 0.1) is 11.9 Å². The fourth-order valence-corrected chi connectivity index (χ4v) is 3.14. The first kappa shape index (κ1) is 18.0. The van der Waals surface area contributed by atoms with Gasteiger partial charge in [0.25, 0.3) is 5.91 Å². The molecular weight excluding hydrogens is 324 g/mol. The number of carbonyl (C=O) groups excluding carboxylic acids is 1. The van der Waals surface area contributed by atoms with E-state index in [2.05, 4.69) is 10.0 Å². The zero-order valence-corrected chi connectivity index (χ0v) is 15.1. The molecule has 2 aromatic carbocycles. The highest BCUT2D eigenvalue weighted by Gasteiger charge is 2.13. The molecule has 0 bridgehead atoms. The summed E-state index contributed by atoms with van der Waals surface area (Å²) in [5, 5.41) is 2.96. The summed E-state index contributed by atoms with van der Waals surface area (Å²) in [6.45, 7) is 5.76. The van der Waals surface area contributed by atoms with E-state index in [1.54, 1.807) is 25.1 Å². The average Bonchev–Trinajstić information content (AvgIpc) is 2.50. The standard InChI is InChI=1S/C18H22N2O3S/c1-5-14-8-6-7-12(2)17(14)19-18(21)15-9-10-16(13(3)11-15)20-24(4,22)23/h6-11,20H,5H2,1-4H3,(H,19,21). The Kier molecular flexibility index (Phi) is 5.29. The van der Waals surface area contributed by atoms with Gasteiger partial charge < -0.3 is 5.32 Å². The molecule has 0 aromatic heterocycles. The SMILES string of the molecule is CCc1cccc(C)c1NC(=O)c1ccc(NS(C)(=O)=O)c(C)c1. The smallest absolute Gasteiger partial charge is 0.255 e. The number of anilines is 2. The van der Waals surface area contributed by atoms with Crippen LogP contribution in [0.1, 0.15) is 34.0 Å². The van der Waals surface area contributed by atoms with Crippen LogP contribution in [-0.2, 0) is 16.4 Å². The van der Waals surface area contributed by atoms with E-state index in [4.69, 9.17) is 0 Å². The third-order valence-electron chi connectivity index (χ3n) is 3.76. The zero-order valence-electron chi connectivity index (χ0n) is 14.3. The maximum atomic E-state index is 12.5. The van der Waals surface area contributed by atoms with Gasteiger partial charge in [-0.1, -0.05) is 25.1 Å². The summed E-state index contributed by atoms with van der Waals surface area (Å²) in [5.41, 5.74) is 4.57. The molecule has 6 heteroatoms. The highest BCUT2D eigenvalue weighted by atomic mass is 32.2. The van der Waals surface area contributed by atoms with Crippen molar-refractivity contribution in [3.8, 4) is 0 Å². The van der Waals surface area contributed by atoms with Gasteiger partial charge in [-0.15, -0.1) is 0 Å². The number of nitrogens with one attached hydrogen (secondary N) is 2. The summed E-state index contributed by atoms with van der Waals surface area (Å²) in [6.07, 6.45) is 1.92. The van der Waals surface area contributed by atoms with Gasteiger partial charge in [-0.25, -0.2) is 8.42 Å². The Morgan fingerprint density at radius 2 is 1.79 bits per heavy atom.